The first kappa shape index (κ1) is 13.7. The molecule has 0 bridgehead atoms. The van der Waals surface area contributed by atoms with Crippen LogP contribution in [0.1, 0.15) is 31.4 Å². The molecule has 0 aromatic heterocycles. The predicted molar refractivity (Wildman–Crippen MR) is 73.5 cm³/mol. The molecule has 90 valence electrons. The molecule has 1 atom stereocenters. The van der Waals surface area contributed by atoms with Crippen LogP contribution < -0.4 is 5.73 Å². The zero-order chi connectivity index (χ0) is 12.0. The minimum absolute atomic E-state index is 0.136. The van der Waals surface area contributed by atoms with E-state index < -0.39 is 0 Å². The van der Waals surface area contributed by atoms with Crippen LogP contribution in [0.25, 0.3) is 0 Å². The summed E-state index contributed by atoms with van der Waals surface area (Å²) in [4.78, 5) is 2.33. The Bertz CT molecular complexity index is 315. The van der Waals surface area contributed by atoms with Crippen molar-refractivity contribution >= 4 is 15.9 Å². The lowest BCUT2D eigenvalue weighted by Gasteiger charge is -2.19. The van der Waals surface area contributed by atoms with Crippen LogP contribution >= 0.6 is 15.9 Å². The van der Waals surface area contributed by atoms with Crippen LogP contribution in [-0.2, 0) is 0 Å². The topological polar surface area (TPSA) is 29.3 Å². The first-order valence-electron chi connectivity index (χ1n) is 5.83. The molecule has 1 rings (SSSR count). The highest BCUT2D eigenvalue weighted by molar-refractivity contribution is 9.10. The van der Waals surface area contributed by atoms with Crippen molar-refractivity contribution in [2.75, 3.05) is 20.1 Å². The van der Waals surface area contributed by atoms with Gasteiger partial charge in [-0.05, 0) is 50.7 Å². The number of nitrogens with zero attached hydrogens (tertiary/aromatic N) is 1. The summed E-state index contributed by atoms with van der Waals surface area (Å²) in [5.41, 5.74) is 7.37. The smallest absolute Gasteiger partial charge is 0.0307 e. The van der Waals surface area contributed by atoms with Gasteiger partial charge in [0.25, 0.3) is 0 Å². The standard InChI is InChI=1S/C13H21BrN2/c1-3-8-16(2)9-7-13(15)11-5-4-6-12(14)10-11/h4-6,10,13H,3,7-9,15H2,1-2H3. The van der Waals surface area contributed by atoms with Crippen LogP contribution in [0.4, 0.5) is 0 Å². The van der Waals surface area contributed by atoms with Gasteiger partial charge in [0.15, 0.2) is 0 Å². The Kier molecular flexibility index (Phi) is 6.03. The molecule has 1 aromatic rings. The Balaban J connectivity index is 2.43. The quantitative estimate of drug-likeness (QED) is 0.869. The van der Waals surface area contributed by atoms with E-state index >= 15 is 0 Å². The van der Waals surface area contributed by atoms with Crippen molar-refractivity contribution in [1.82, 2.24) is 4.90 Å². The summed E-state index contributed by atoms with van der Waals surface area (Å²) < 4.78 is 1.10. The molecule has 16 heavy (non-hydrogen) atoms. The van der Waals surface area contributed by atoms with E-state index in [1.54, 1.807) is 0 Å². The highest BCUT2D eigenvalue weighted by Gasteiger charge is 2.07. The lowest BCUT2D eigenvalue weighted by molar-refractivity contribution is 0.319. The van der Waals surface area contributed by atoms with Gasteiger partial charge in [0.05, 0.1) is 0 Å². The first-order valence-corrected chi connectivity index (χ1v) is 6.62. The fraction of sp³-hybridized carbons (Fsp3) is 0.538. The number of hydrogen-bond acceptors (Lipinski definition) is 2. The molecule has 0 fully saturated rings. The second-order valence-corrected chi connectivity index (χ2v) is 5.17. The molecule has 0 aliphatic rings. The fourth-order valence-electron chi connectivity index (χ4n) is 1.76. The third-order valence-corrected chi connectivity index (χ3v) is 3.20. The number of rotatable bonds is 6. The lowest BCUT2D eigenvalue weighted by Crippen LogP contribution is -2.24. The molecule has 0 heterocycles. The fourth-order valence-corrected chi connectivity index (χ4v) is 2.17. The van der Waals surface area contributed by atoms with E-state index in [0.717, 1.165) is 24.0 Å². The Morgan fingerprint density at radius 1 is 1.38 bits per heavy atom. The van der Waals surface area contributed by atoms with Gasteiger partial charge in [-0.3, -0.25) is 0 Å². The maximum atomic E-state index is 6.16. The highest BCUT2D eigenvalue weighted by Crippen LogP contribution is 2.18. The summed E-state index contributed by atoms with van der Waals surface area (Å²) in [6.07, 6.45) is 2.20. The second kappa shape index (κ2) is 7.05. The third-order valence-electron chi connectivity index (χ3n) is 2.70. The van der Waals surface area contributed by atoms with Gasteiger partial charge in [0.2, 0.25) is 0 Å². The van der Waals surface area contributed by atoms with Crippen molar-refractivity contribution in [1.29, 1.82) is 0 Å². The Hall–Kier alpha value is -0.380. The summed E-state index contributed by atoms with van der Waals surface area (Å²) >= 11 is 3.47. The molecular weight excluding hydrogens is 264 g/mol. The molecule has 2 N–H and O–H groups in total. The summed E-state index contributed by atoms with van der Waals surface area (Å²) in [7, 11) is 2.15. The second-order valence-electron chi connectivity index (χ2n) is 4.25. The molecule has 3 heteroatoms. The molecule has 0 saturated heterocycles. The largest absolute Gasteiger partial charge is 0.324 e. The minimum Gasteiger partial charge on any atom is -0.324 e. The highest BCUT2D eigenvalue weighted by atomic mass is 79.9. The van der Waals surface area contributed by atoms with Crippen LogP contribution in [0.2, 0.25) is 0 Å². The van der Waals surface area contributed by atoms with Crippen molar-refractivity contribution in [3.05, 3.63) is 34.3 Å². The third kappa shape index (κ3) is 4.64. The van der Waals surface area contributed by atoms with Gasteiger partial charge in [0, 0.05) is 10.5 Å². The van der Waals surface area contributed by atoms with E-state index in [-0.39, 0.29) is 6.04 Å². The van der Waals surface area contributed by atoms with Crippen LogP contribution in [0, 0.1) is 0 Å². The van der Waals surface area contributed by atoms with Gasteiger partial charge in [-0.25, -0.2) is 0 Å². The molecule has 2 nitrogen and oxygen atoms in total. The van der Waals surface area contributed by atoms with Crippen LogP contribution in [0.3, 0.4) is 0 Å². The maximum Gasteiger partial charge on any atom is 0.0307 e. The van der Waals surface area contributed by atoms with Crippen molar-refractivity contribution < 1.29 is 0 Å². The normalized spacial score (nSPS) is 13.1. The van der Waals surface area contributed by atoms with E-state index in [1.807, 2.05) is 12.1 Å². The van der Waals surface area contributed by atoms with Gasteiger partial charge in [-0.1, -0.05) is 35.0 Å². The van der Waals surface area contributed by atoms with Crippen LogP contribution in [-0.4, -0.2) is 25.0 Å². The molecule has 1 aromatic carbocycles. The molecule has 0 aliphatic heterocycles. The summed E-state index contributed by atoms with van der Waals surface area (Å²) in [5.74, 6) is 0. The molecule has 0 radical (unpaired) electrons. The summed E-state index contributed by atoms with van der Waals surface area (Å²) in [5, 5.41) is 0. The predicted octanol–water partition coefficient (Wildman–Crippen LogP) is 3.18. The van der Waals surface area contributed by atoms with Crippen LogP contribution in [0.5, 0.6) is 0 Å². The summed E-state index contributed by atoms with van der Waals surface area (Å²) in [6.45, 7) is 4.40. The van der Waals surface area contributed by atoms with Crippen LogP contribution in [0.15, 0.2) is 28.7 Å². The zero-order valence-electron chi connectivity index (χ0n) is 10.1. The maximum absolute atomic E-state index is 6.16. The zero-order valence-corrected chi connectivity index (χ0v) is 11.7. The van der Waals surface area contributed by atoms with Crippen molar-refractivity contribution in [2.45, 2.75) is 25.8 Å². The molecule has 0 amide bonds. The SMILES string of the molecule is CCCN(C)CCC(N)c1cccc(Br)c1. The molecule has 0 aliphatic carbocycles. The van der Waals surface area contributed by atoms with Crippen molar-refractivity contribution in [3.8, 4) is 0 Å². The number of benzene rings is 1. The van der Waals surface area contributed by atoms with E-state index in [0.29, 0.717) is 0 Å². The molecular formula is C13H21BrN2. The number of nitrogens with two attached hydrogens (primary N) is 1. The monoisotopic (exact) mass is 284 g/mol. The van der Waals surface area contributed by atoms with Gasteiger partial charge < -0.3 is 10.6 Å². The minimum atomic E-state index is 0.136. The van der Waals surface area contributed by atoms with Gasteiger partial charge in [0.1, 0.15) is 0 Å². The van der Waals surface area contributed by atoms with E-state index in [9.17, 15) is 0 Å². The van der Waals surface area contributed by atoms with E-state index in [1.165, 1.54) is 12.0 Å². The van der Waals surface area contributed by atoms with E-state index in [2.05, 4.69) is 46.9 Å². The summed E-state index contributed by atoms with van der Waals surface area (Å²) in [6, 6.07) is 8.39. The molecule has 0 saturated carbocycles. The van der Waals surface area contributed by atoms with Crippen molar-refractivity contribution in [2.24, 2.45) is 5.73 Å². The van der Waals surface area contributed by atoms with E-state index in [4.69, 9.17) is 5.73 Å². The van der Waals surface area contributed by atoms with Crippen molar-refractivity contribution in [3.63, 3.8) is 0 Å². The average Bonchev–Trinajstić information content (AvgIpc) is 2.26. The Morgan fingerprint density at radius 2 is 2.12 bits per heavy atom. The number of halogens is 1. The molecule has 0 spiro atoms. The average molecular weight is 285 g/mol. The van der Waals surface area contributed by atoms with Gasteiger partial charge in [-0.2, -0.15) is 0 Å². The first-order chi connectivity index (χ1) is 7.63. The Labute approximate surface area is 107 Å². The van der Waals surface area contributed by atoms with Gasteiger partial charge >= 0.3 is 0 Å². The van der Waals surface area contributed by atoms with Gasteiger partial charge in [-0.15, -0.1) is 0 Å². The molecule has 1 unspecified atom stereocenters. The number of hydrogen-bond donors (Lipinski definition) is 1. The lowest BCUT2D eigenvalue weighted by atomic mass is 10.0. The Morgan fingerprint density at radius 3 is 2.75 bits per heavy atom.